The Morgan fingerprint density at radius 2 is 0.630 bits per heavy atom. The van der Waals surface area contributed by atoms with Crippen LogP contribution in [-0.4, -0.2) is 44.3 Å². The van der Waals surface area contributed by atoms with E-state index in [9.17, 15) is 19.2 Å². The van der Waals surface area contributed by atoms with Gasteiger partial charge in [-0.3, -0.25) is 0 Å². The van der Waals surface area contributed by atoms with Crippen LogP contribution >= 0.6 is 0 Å². The molecule has 0 fully saturated rings. The van der Waals surface area contributed by atoms with Gasteiger partial charge in [0, 0.05) is 32.7 Å². The first-order valence-electron chi connectivity index (χ1n) is 6.37. The molecule has 8 nitrogen and oxygen atoms in total. The molecule has 0 aliphatic carbocycles. The minimum absolute atomic E-state index is 0. The first-order chi connectivity index (χ1) is 11.3. The van der Waals surface area contributed by atoms with E-state index >= 15 is 0 Å². The molecule has 4 N–H and O–H groups in total. The molecule has 27 heavy (non-hydrogen) atoms. The SMILES string of the molecule is O=C(O)c1ccccc1C(=O)O.O=C(O)c1ccccc1C(=O)O.[CH3-].[CH3-].[Y]. The van der Waals surface area contributed by atoms with Gasteiger partial charge in [0.1, 0.15) is 0 Å². The van der Waals surface area contributed by atoms with E-state index in [2.05, 4.69) is 0 Å². The Morgan fingerprint density at radius 3 is 0.741 bits per heavy atom. The van der Waals surface area contributed by atoms with E-state index in [1.807, 2.05) is 0 Å². The van der Waals surface area contributed by atoms with Crippen molar-refractivity contribution in [1.29, 1.82) is 0 Å². The van der Waals surface area contributed by atoms with Crippen LogP contribution in [0.25, 0.3) is 0 Å². The van der Waals surface area contributed by atoms with E-state index in [4.69, 9.17) is 20.4 Å². The van der Waals surface area contributed by atoms with Crippen LogP contribution in [0.4, 0.5) is 0 Å². The van der Waals surface area contributed by atoms with Crippen molar-refractivity contribution in [3.63, 3.8) is 0 Å². The summed E-state index contributed by atoms with van der Waals surface area (Å²) < 4.78 is 0. The molecule has 1 radical (unpaired) electrons. The molecular weight excluding hydrogens is 433 g/mol. The van der Waals surface area contributed by atoms with E-state index < -0.39 is 23.9 Å². The summed E-state index contributed by atoms with van der Waals surface area (Å²) in [5, 5.41) is 34.2. The predicted molar refractivity (Wildman–Crippen MR) is 93.5 cm³/mol. The van der Waals surface area contributed by atoms with Crippen molar-refractivity contribution in [3.8, 4) is 0 Å². The van der Waals surface area contributed by atoms with Gasteiger partial charge in [0.2, 0.25) is 0 Å². The Hall–Kier alpha value is -2.58. The van der Waals surface area contributed by atoms with Crippen LogP contribution in [0.15, 0.2) is 48.5 Å². The fourth-order valence-corrected chi connectivity index (χ4v) is 1.71. The van der Waals surface area contributed by atoms with Crippen LogP contribution in [0.3, 0.4) is 0 Å². The molecule has 0 atom stereocenters. The smallest absolute Gasteiger partial charge is 0.336 e. The summed E-state index contributed by atoms with van der Waals surface area (Å²) in [6, 6.07) is 11.0. The monoisotopic (exact) mass is 451 g/mol. The Kier molecular flexibility index (Phi) is 14.7. The molecule has 143 valence electrons. The molecule has 2 rings (SSSR count). The van der Waals surface area contributed by atoms with Crippen LogP contribution in [0.5, 0.6) is 0 Å². The van der Waals surface area contributed by atoms with Crippen LogP contribution < -0.4 is 0 Å². The van der Waals surface area contributed by atoms with Gasteiger partial charge in [-0.2, -0.15) is 0 Å². The fraction of sp³-hybridized carbons (Fsp3) is 0. The molecule has 0 aliphatic rings. The van der Waals surface area contributed by atoms with Crippen LogP contribution in [0.1, 0.15) is 41.4 Å². The number of aromatic carboxylic acids is 4. The second-order valence-electron chi connectivity index (χ2n) is 4.31. The quantitative estimate of drug-likeness (QED) is 0.519. The first kappa shape index (κ1) is 29.2. The topological polar surface area (TPSA) is 149 Å². The van der Waals surface area contributed by atoms with Gasteiger partial charge in [-0.15, -0.1) is 0 Å². The fourth-order valence-electron chi connectivity index (χ4n) is 1.71. The number of carbonyl (C=O) groups is 4. The van der Waals surface area contributed by atoms with Crippen molar-refractivity contribution >= 4 is 23.9 Å². The van der Waals surface area contributed by atoms with Gasteiger partial charge in [-0.1, -0.05) is 24.3 Å². The summed E-state index contributed by atoms with van der Waals surface area (Å²) in [5.41, 5.74) is -0.759. The molecular formula is C18H18O8Y-2. The molecule has 2 aromatic rings. The molecule has 0 saturated heterocycles. The largest absolute Gasteiger partial charge is 0.478 e. The third-order valence-corrected chi connectivity index (χ3v) is 2.78. The second kappa shape index (κ2) is 13.6. The van der Waals surface area contributed by atoms with Crippen molar-refractivity contribution in [2.75, 3.05) is 0 Å². The summed E-state index contributed by atoms with van der Waals surface area (Å²) in [6.07, 6.45) is 0. The van der Waals surface area contributed by atoms with E-state index in [-0.39, 0.29) is 69.8 Å². The van der Waals surface area contributed by atoms with Gasteiger partial charge in [-0.25, -0.2) is 19.2 Å². The molecule has 0 heterocycles. The van der Waals surface area contributed by atoms with Crippen molar-refractivity contribution in [2.24, 2.45) is 0 Å². The van der Waals surface area contributed by atoms with Crippen LogP contribution in [0.2, 0.25) is 0 Å². The van der Waals surface area contributed by atoms with E-state index in [1.54, 1.807) is 0 Å². The zero-order valence-corrected chi connectivity index (χ0v) is 17.5. The minimum Gasteiger partial charge on any atom is -0.478 e. The number of hydrogen-bond donors (Lipinski definition) is 4. The molecule has 0 aliphatic heterocycles. The van der Waals surface area contributed by atoms with Crippen molar-refractivity contribution in [2.45, 2.75) is 0 Å². The molecule has 2 aromatic carbocycles. The summed E-state index contributed by atoms with van der Waals surface area (Å²) in [4.78, 5) is 41.9. The maximum absolute atomic E-state index is 10.5. The molecule has 0 aromatic heterocycles. The average Bonchev–Trinajstić information content (AvgIpc) is 2.55. The standard InChI is InChI=1S/2C8H6O4.2CH3.Y/c2*9-7(10)5-3-1-2-4-6(5)8(11)12;;;/h2*1-4H,(H,9,10)(H,11,12);2*1H3;/q;;2*-1;. The molecule has 0 unspecified atom stereocenters. The third kappa shape index (κ3) is 8.57. The number of carboxylic acids is 4. The predicted octanol–water partition coefficient (Wildman–Crippen LogP) is 3.06. The van der Waals surface area contributed by atoms with E-state index in [0.29, 0.717) is 0 Å². The van der Waals surface area contributed by atoms with Crippen LogP contribution in [-0.2, 0) is 32.7 Å². The van der Waals surface area contributed by atoms with Crippen molar-refractivity contribution in [3.05, 3.63) is 85.6 Å². The Labute approximate surface area is 181 Å². The number of benzene rings is 2. The molecule has 0 spiro atoms. The zero-order valence-electron chi connectivity index (χ0n) is 14.6. The molecule has 0 saturated carbocycles. The van der Waals surface area contributed by atoms with E-state index in [0.717, 1.165) is 0 Å². The zero-order chi connectivity index (χ0) is 18.3. The van der Waals surface area contributed by atoms with Crippen molar-refractivity contribution < 1.29 is 72.3 Å². The molecule has 0 bridgehead atoms. The van der Waals surface area contributed by atoms with Gasteiger partial charge in [0.15, 0.2) is 0 Å². The maximum Gasteiger partial charge on any atom is 0.336 e. The van der Waals surface area contributed by atoms with Gasteiger partial charge < -0.3 is 35.3 Å². The summed E-state index contributed by atoms with van der Waals surface area (Å²) in [6.45, 7) is 0. The Morgan fingerprint density at radius 1 is 0.481 bits per heavy atom. The number of rotatable bonds is 4. The summed E-state index contributed by atoms with van der Waals surface area (Å²) in [7, 11) is 0. The first-order valence-corrected chi connectivity index (χ1v) is 6.37. The van der Waals surface area contributed by atoms with Gasteiger partial charge >= 0.3 is 23.9 Å². The average molecular weight is 451 g/mol. The molecule has 0 amide bonds. The van der Waals surface area contributed by atoms with Gasteiger partial charge in [0.05, 0.1) is 22.3 Å². The normalized spacial score (nSPS) is 8.30. The van der Waals surface area contributed by atoms with E-state index in [1.165, 1.54) is 48.5 Å². The second-order valence-corrected chi connectivity index (χ2v) is 4.31. The molecule has 9 heteroatoms. The Balaban J connectivity index is -0.000000384. The third-order valence-electron chi connectivity index (χ3n) is 2.78. The summed E-state index contributed by atoms with van der Waals surface area (Å²) in [5.74, 6) is -4.91. The summed E-state index contributed by atoms with van der Waals surface area (Å²) >= 11 is 0. The Bertz CT molecular complexity index is 668. The maximum atomic E-state index is 10.5. The van der Waals surface area contributed by atoms with Gasteiger partial charge in [-0.05, 0) is 24.3 Å². The number of carboxylic acid groups (broad SMARTS) is 4. The number of hydrogen-bond acceptors (Lipinski definition) is 4. The minimum atomic E-state index is -1.23. The van der Waals surface area contributed by atoms with Crippen LogP contribution in [0, 0.1) is 14.9 Å². The van der Waals surface area contributed by atoms with Gasteiger partial charge in [0.25, 0.3) is 0 Å². The van der Waals surface area contributed by atoms with Crippen molar-refractivity contribution in [1.82, 2.24) is 0 Å².